The van der Waals surface area contributed by atoms with Crippen molar-refractivity contribution in [2.45, 2.75) is 11.7 Å². The Hall–Kier alpha value is -1.91. The van der Waals surface area contributed by atoms with Crippen molar-refractivity contribution in [2.24, 2.45) is 0 Å². The van der Waals surface area contributed by atoms with Crippen molar-refractivity contribution in [3.05, 3.63) is 51.0 Å². The number of thioether (sulfide) groups is 1. The molecule has 5 N–H and O–H groups in total. The van der Waals surface area contributed by atoms with Gasteiger partial charge in [-0.1, -0.05) is 23.2 Å². The fourth-order valence-electron chi connectivity index (χ4n) is 2.40. The molecular weight excluding hydrogens is 531 g/mol. The second-order valence-corrected chi connectivity index (χ2v) is 10.9. The van der Waals surface area contributed by atoms with Crippen LogP contribution in [0.15, 0.2) is 35.3 Å². The normalized spacial score (nSPS) is 17.8. The first-order valence-electron chi connectivity index (χ1n) is 9.57. The van der Waals surface area contributed by atoms with Crippen LogP contribution >= 0.6 is 35.0 Å². The largest absolute Gasteiger partial charge is 0.393 e. The molecule has 0 unspecified atom stereocenters. The third-order valence-electron chi connectivity index (χ3n) is 4.15. The van der Waals surface area contributed by atoms with Crippen molar-refractivity contribution in [1.82, 2.24) is 18.6 Å². The van der Waals surface area contributed by atoms with Gasteiger partial charge in [0.25, 0.3) is 10.2 Å². The summed E-state index contributed by atoms with van der Waals surface area (Å²) in [6.45, 7) is -0.447. The Morgan fingerprint density at radius 2 is 2.09 bits per heavy atom. The molecule has 1 aliphatic rings. The Kier molecular flexibility index (Phi) is 10.6. The Bertz CT molecular complexity index is 1160. The predicted octanol–water partition coefficient (Wildman–Crippen LogP) is 0.734. The van der Waals surface area contributed by atoms with Crippen LogP contribution in [0.5, 0.6) is 0 Å². The molecule has 188 valence electrons. The van der Waals surface area contributed by atoms with E-state index in [4.69, 9.17) is 38.8 Å². The van der Waals surface area contributed by atoms with Crippen molar-refractivity contribution in [1.29, 1.82) is 0 Å². The first kappa shape index (κ1) is 28.3. The molecule has 1 amide bonds. The second kappa shape index (κ2) is 12.7. The Balaban J connectivity index is 0.000000246. The topological polar surface area (TPSA) is 169 Å². The molecule has 3 rings (SSSR count). The highest BCUT2D eigenvalue weighted by Gasteiger charge is 2.27. The van der Waals surface area contributed by atoms with Crippen LogP contribution in [-0.2, 0) is 19.7 Å². The summed E-state index contributed by atoms with van der Waals surface area (Å²) >= 11 is 13.1. The molecule has 0 bridgehead atoms. The number of aromatic nitrogens is 2. The third kappa shape index (κ3) is 8.39. The highest BCUT2D eigenvalue weighted by Crippen LogP contribution is 2.30. The van der Waals surface area contributed by atoms with Crippen LogP contribution in [0.3, 0.4) is 0 Å². The number of hydrogen-bond acceptors (Lipinski definition) is 9. The summed E-state index contributed by atoms with van der Waals surface area (Å²) in [7, 11) is -0.919. The van der Waals surface area contributed by atoms with E-state index in [2.05, 4.69) is 15.0 Å². The predicted molar refractivity (Wildman–Crippen MR) is 132 cm³/mol. The van der Waals surface area contributed by atoms with Crippen LogP contribution in [-0.4, -0.2) is 71.7 Å². The summed E-state index contributed by atoms with van der Waals surface area (Å²) in [6, 6.07) is 6.11. The van der Waals surface area contributed by atoms with Gasteiger partial charge in [-0.2, -0.15) is 22.4 Å². The van der Waals surface area contributed by atoms with Crippen molar-refractivity contribution in [3.63, 3.8) is 0 Å². The van der Waals surface area contributed by atoms with E-state index in [1.165, 1.54) is 42.6 Å². The van der Waals surface area contributed by atoms with Crippen LogP contribution in [0, 0.1) is 0 Å². The molecule has 16 heteroatoms. The first-order chi connectivity index (χ1) is 15.9. The van der Waals surface area contributed by atoms with Gasteiger partial charge in [0.1, 0.15) is 17.5 Å². The summed E-state index contributed by atoms with van der Waals surface area (Å²) in [5.74, 6) is 0.284. The Morgan fingerprint density at radius 3 is 2.65 bits per heavy atom. The Morgan fingerprint density at radius 1 is 1.38 bits per heavy atom. The lowest BCUT2D eigenvalue weighted by atomic mass is 10.3. The monoisotopic (exact) mass is 554 g/mol. The number of carbonyl (C=O) groups is 1. The summed E-state index contributed by atoms with van der Waals surface area (Å²) in [5.41, 5.74) is 5.03. The van der Waals surface area contributed by atoms with Gasteiger partial charge >= 0.3 is 5.69 Å². The number of aliphatic hydroxyl groups excluding tert-OH is 1. The molecular formula is C18H24Cl2N6O6S2. The molecule has 0 saturated carbocycles. The summed E-state index contributed by atoms with van der Waals surface area (Å²) in [6.07, 6.45) is 1.18. The molecule has 2 heterocycles. The van der Waals surface area contributed by atoms with Crippen LogP contribution < -0.4 is 21.5 Å². The number of amides is 1. The molecule has 0 aliphatic carbocycles. The fraction of sp³-hybridized carbons (Fsp3) is 0.389. The highest BCUT2D eigenvalue weighted by molar-refractivity contribution is 8.00. The van der Waals surface area contributed by atoms with Crippen molar-refractivity contribution in [2.75, 3.05) is 44.1 Å². The van der Waals surface area contributed by atoms with Gasteiger partial charge in [0.2, 0.25) is 5.91 Å². The number of nitrogen functional groups attached to an aromatic ring is 1. The lowest BCUT2D eigenvalue weighted by Gasteiger charge is -2.13. The van der Waals surface area contributed by atoms with Crippen molar-refractivity contribution >= 4 is 62.6 Å². The van der Waals surface area contributed by atoms with Crippen molar-refractivity contribution in [3.8, 4) is 0 Å². The van der Waals surface area contributed by atoms with E-state index in [0.717, 1.165) is 4.31 Å². The van der Waals surface area contributed by atoms with E-state index in [1.54, 1.807) is 18.3 Å². The van der Waals surface area contributed by atoms with Crippen LogP contribution in [0.1, 0.15) is 6.23 Å². The molecule has 0 spiro atoms. The average molecular weight is 555 g/mol. The van der Waals surface area contributed by atoms with Crippen LogP contribution in [0.2, 0.25) is 10.0 Å². The van der Waals surface area contributed by atoms with E-state index < -0.39 is 21.8 Å². The van der Waals surface area contributed by atoms with E-state index in [0.29, 0.717) is 16.5 Å². The van der Waals surface area contributed by atoms with E-state index >= 15 is 0 Å². The van der Waals surface area contributed by atoms with Gasteiger partial charge in [0, 0.05) is 31.1 Å². The zero-order chi connectivity index (χ0) is 25.5. The van der Waals surface area contributed by atoms with Gasteiger partial charge in [-0.05, 0) is 24.3 Å². The quantitative estimate of drug-likeness (QED) is 0.385. The lowest BCUT2D eigenvalue weighted by Crippen LogP contribution is -2.40. The highest BCUT2D eigenvalue weighted by atomic mass is 35.5. The lowest BCUT2D eigenvalue weighted by molar-refractivity contribution is -0.115. The van der Waals surface area contributed by atoms with E-state index in [1.807, 2.05) is 0 Å². The van der Waals surface area contributed by atoms with E-state index in [-0.39, 0.29) is 35.7 Å². The van der Waals surface area contributed by atoms with Gasteiger partial charge in [-0.3, -0.25) is 9.36 Å². The maximum absolute atomic E-state index is 11.6. The van der Waals surface area contributed by atoms with Crippen LogP contribution in [0.25, 0.3) is 0 Å². The molecule has 1 aliphatic heterocycles. The summed E-state index contributed by atoms with van der Waals surface area (Å²) in [5, 5.41) is 12.1. The van der Waals surface area contributed by atoms with Crippen molar-refractivity contribution < 1.29 is 23.1 Å². The number of rotatable bonds is 7. The Labute approximate surface area is 210 Å². The molecule has 2 atom stereocenters. The number of nitrogens with zero attached hydrogens (tertiary/aromatic N) is 3. The minimum Gasteiger partial charge on any atom is -0.393 e. The molecule has 1 aromatic heterocycles. The number of nitrogens with one attached hydrogen (secondary N) is 2. The van der Waals surface area contributed by atoms with Gasteiger partial charge in [-0.25, -0.2) is 4.79 Å². The van der Waals surface area contributed by atoms with E-state index in [9.17, 15) is 18.0 Å². The van der Waals surface area contributed by atoms with Gasteiger partial charge in [0.05, 0.1) is 23.9 Å². The number of carbonyl (C=O) groups excluding carboxylic acids is 1. The van der Waals surface area contributed by atoms with Gasteiger partial charge < -0.3 is 20.9 Å². The number of ether oxygens (including phenoxy) is 1. The molecule has 12 nitrogen and oxygen atoms in total. The molecule has 1 aromatic carbocycles. The minimum atomic E-state index is -3.63. The van der Waals surface area contributed by atoms with Crippen LogP contribution in [0.4, 0.5) is 11.5 Å². The number of benzene rings is 1. The molecule has 34 heavy (non-hydrogen) atoms. The van der Waals surface area contributed by atoms with Gasteiger partial charge in [-0.15, -0.1) is 11.8 Å². The SMILES string of the molecule is CN(C)S(=O)(=O)NCC(=O)Nc1ccc(Cl)cc1Cl.Nc1ccn([C@H]2CS[C@@H](CO)O2)c(=O)n1. The standard InChI is InChI=1S/C10H13Cl2N3O3S.C8H11N3O3S/c1-15(2)19(17,18)13-6-10(16)14-9-4-3-7(11)5-8(9)12;9-5-1-2-11(8(13)10-5)6-4-15-7(3-12)14-6/h3-5,13H,6H2,1-2H3,(H,14,16);1-2,6-7,12H,3-4H2,(H2,9,10,13)/t;6-,7+/m.1/s1. The average Bonchev–Trinajstić information content (AvgIpc) is 3.24. The summed E-state index contributed by atoms with van der Waals surface area (Å²) in [4.78, 5) is 26.6. The molecule has 0 radical (unpaired) electrons. The number of nitrogens with two attached hydrogens (primary N) is 1. The number of halogens is 2. The zero-order valence-corrected chi connectivity index (χ0v) is 21.3. The first-order valence-corrected chi connectivity index (χ1v) is 12.8. The second-order valence-electron chi connectivity index (χ2n) is 6.86. The number of hydrogen-bond donors (Lipinski definition) is 4. The maximum Gasteiger partial charge on any atom is 0.351 e. The molecule has 2 aromatic rings. The zero-order valence-electron chi connectivity index (χ0n) is 18.1. The van der Waals surface area contributed by atoms with Gasteiger partial charge in [0.15, 0.2) is 0 Å². The summed E-state index contributed by atoms with van der Waals surface area (Å²) < 4.78 is 32.7. The smallest absolute Gasteiger partial charge is 0.351 e. The molecule has 1 saturated heterocycles. The molecule has 1 fully saturated rings. The number of anilines is 2. The third-order valence-corrected chi connectivity index (χ3v) is 7.27. The number of aliphatic hydroxyl groups is 1. The maximum atomic E-state index is 11.6. The fourth-order valence-corrected chi connectivity index (χ4v) is 4.36. The minimum absolute atomic E-state index is 0.0572.